The van der Waals surface area contributed by atoms with Crippen LogP contribution in [0.25, 0.3) is 11.1 Å². The van der Waals surface area contributed by atoms with Crippen LogP contribution in [0.15, 0.2) is 48.5 Å². The SMILES string of the molecule is O=C(NC1CC1)Oc1ccc(-c2ccccc2Cl)cc1. The Bertz CT molecular complexity index is 621. The summed E-state index contributed by atoms with van der Waals surface area (Å²) in [6.07, 6.45) is 1.69. The zero-order chi connectivity index (χ0) is 13.9. The predicted molar refractivity (Wildman–Crippen MR) is 79.1 cm³/mol. The Kier molecular flexibility index (Phi) is 3.61. The summed E-state index contributed by atoms with van der Waals surface area (Å²) >= 11 is 6.15. The van der Waals surface area contributed by atoms with Gasteiger partial charge in [0.15, 0.2) is 0 Å². The van der Waals surface area contributed by atoms with E-state index in [4.69, 9.17) is 16.3 Å². The average Bonchev–Trinajstić information content (AvgIpc) is 3.24. The van der Waals surface area contributed by atoms with Gasteiger partial charge >= 0.3 is 6.09 Å². The van der Waals surface area contributed by atoms with Crippen molar-refractivity contribution in [2.45, 2.75) is 18.9 Å². The van der Waals surface area contributed by atoms with Gasteiger partial charge in [0.25, 0.3) is 0 Å². The molecular formula is C16H14ClNO2. The molecule has 1 aliphatic carbocycles. The molecule has 0 saturated heterocycles. The van der Waals surface area contributed by atoms with Crippen molar-refractivity contribution in [3.8, 4) is 16.9 Å². The van der Waals surface area contributed by atoms with E-state index in [-0.39, 0.29) is 0 Å². The van der Waals surface area contributed by atoms with Gasteiger partial charge in [-0.1, -0.05) is 41.9 Å². The van der Waals surface area contributed by atoms with Gasteiger partial charge in [-0.15, -0.1) is 0 Å². The lowest BCUT2D eigenvalue weighted by atomic mass is 10.1. The van der Waals surface area contributed by atoms with Crippen LogP contribution >= 0.6 is 11.6 Å². The largest absolute Gasteiger partial charge is 0.412 e. The quantitative estimate of drug-likeness (QED) is 0.916. The van der Waals surface area contributed by atoms with Crippen LogP contribution in [0.3, 0.4) is 0 Å². The molecule has 0 unspecified atom stereocenters. The number of rotatable bonds is 3. The number of hydrogen-bond donors (Lipinski definition) is 1. The van der Waals surface area contributed by atoms with Crippen molar-refractivity contribution in [2.75, 3.05) is 0 Å². The number of hydrogen-bond acceptors (Lipinski definition) is 2. The predicted octanol–water partition coefficient (Wildman–Crippen LogP) is 4.26. The van der Waals surface area contributed by atoms with Crippen LogP contribution in [0.5, 0.6) is 5.75 Å². The summed E-state index contributed by atoms with van der Waals surface area (Å²) in [5.41, 5.74) is 1.95. The summed E-state index contributed by atoms with van der Waals surface area (Å²) < 4.78 is 5.20. The van der Waals surface area contributed by atoms with E-state index in [9.17, 15) is 4.79 Å². The molecule has 0 aromatic heterocycles. The van der Waals surface area contributed by atoms with Crippen molar-refractivity contribution >= 4 is 17.7 Å². The highest BCUT2D eigenvalue weighted by molar-refractivity contribution is 6.33. The standard InChI is InChI=1S/C16H14ClNO2/c17-15-4-2-1-3-14(15)11-5-9-13(10-6-11)20-16(19)18-12-7-8-12/h1-6,9-10,12H,7-8H2,(H,18,19). The highest BCUT2D eigenvalue weighted by Gasteiger charge is 2.24. The van der Waals surface area contributed by atoms with Gasteiger partial charge in [0.1, 0.15) is 5.75 Å². The van der Waals surface area contributed by atoms with E-state index in [0.29, 0.717) is 16.8 Å². The second-order valence-electron chi connectivity index (χ2n) is 4.81. The molecule has 1 amide bonds. The monoisotopic (exact) mass is 287 g/mol. The lowest BCUT2D eigenvalue weighted by Crippen LogP contribution is -2.28. The Balaban J connectivity index is 1.71. The van der Waals surface area contributed by atoms with Gasteiger partial charge < -0.3 is 10.1 Å². The second-order valence-corrected chi connectivity index (χ2v) is 5.22. The molecule has 0 heterocycles. The van der Waals surface area contributed by atoms with Gasteiger partial charge in [0.05, 0.1) is 0 Å². The molecule has 0 radical (unpaired) electrons. The molecule has 1 N–H and O–H groups in total. The van der Waals surface area contributed by atoms with Gasteiger partial charge in [-0.25, -0.2) is 4.79 Å². The Morgan fingerprint density at radius 2 is 1.80 bits per heavy atom. The van der Waals surface area contributed by atoms with Crippen molar-refractivity contribution in [1.29, 1.82) is 0 Å². The highest BCUT2D eigenvalue weighted by Crippen LogP contribution is 2.28. The third-order valence-electron chi connectivity index (χ3n) is 3.15. The summed E-state index contributed by atoms with van der Waals surface area (Å²) in [7, 11) is 0. The molecule has 2 aromatic carbocycles. The smallest absolute Gasteiger partial charge is 0.410 e. The molecule has 0 atom stereocenters. The number of carbonyl (C=O) groups is 1. The summed E-state index contributed by atoms with van der Waals surface area (Å²) in [4.78, 5) is 11.5. The summed E-state index contributed by atoms with van der Waals surface area (Å²) in [6.45, 7) is 0. The molecule has 0 spiro atoms. The number of ether oxygens (including phenoxy) is 1. The molecule has 1 aliphatic rings. The molecule has 4 heteroatoms. The van der Waals surface area contributed by atoms with E-state index in [2.05, 4.69) is 5.32 Å². The Hall–Kier alpha value is -2.00. The number of halogens is 1. The van der Waals surface area contributed by atoms with Crippen LogP contribution in [-0.2, 0) is 0 Å². The van der Waals surface area contributed by atoms with Crippen molar-refractivity contribution in [1.82, 2.24) is 5.32 Å². The van der Waals surface area contributed by atoms with Gasteiger partial charge in [0, 0.05) is 16.6 Å². The Morgan fingerprint density at radius 1 is 1.10 bits per heavy atom. The van der Waals surface area contributed by atoms with Crippen LogP contribution < -0.4 is 10.1 Å². The van der Waals surface area contributed by atoms with E-state index >= 15 is 0 Å². The molecule has 0 bridgehead atoms. The van der Waals surface area contributed by atoms with Crippen molar-refractivity contribution < 1.29 is 9.53 Å². The molecular weight excluding hydrogens is 274 g/mol. The summed E-state index contributed by atoms with van der Waals surface area (Å²) in [5.74, 6) is 0.527. The highest BCUT2D eigenvalue weighted by atomic mass is 35.5. The Labute approximate surface area is 122 Å². The Morgan fingerprint density at radius 3 is 2.45 bits per heavy atom. The number of benzene rings is 2. The van der Waals surface area contributed by atoms with Crippen LogP contribution in [0, 0.1) is 0 Å². The maximum atomic E-state index is 11.5. The molecule has 3 rings (SSSR count). The molecule has 0 aliphatic heterocycles. The fourth-order valence-corrected chi connectivity index (χ4v) is 2.17. The van der Waals surface area contributed by atoms with E-state index in [1.54, 1.807) is 12.1 Å². The van der Waals surface area contributed by atoms with E-state index in [0.717, 1.165) is 24.0 Å². The summed E-state index contributed by atoms with van der Waals surface area (Å²) in [6, 6.07) is 15.3. The van der Waals surface area contributed by atoms with E-state index in [1.807, 2.05) is 36.4 Å². The van der Waals surface area contributed by atoms with E-state index < -0.39 is 6.09 Å². The zero-order valence-corrected chi connectivity index (χ0v) is 11.6. The number of nitrogens with one attached hydrogen (secondary N) is 1. The molecule has 3 nitrogen and oxygen atoms in total. The maximum absolute atomic E-state index is 11.5. The minimum Gasteiger partial charge on any atom is -0.410 e. The van der Waals surface area contributed by atoms with Crippen LogP contribution in [0.2, 0.25) is 5.02 Å². The fourth-order valence-electron chi connectivity index (χ4n) is 1.93. The maximum Gasteiger partial charge on any atom is 0.412 e. The first-order valence-electron chi connectivity index (χ1n) is 6.56. The first-order chi connectivity index (χ1) is 9.72. The molecule has 1 fully saturated rings. The second kappa shape index (κ2) is 5.55. The number of carbonyl (C=O) groups excluding carboxylic acids is 1. The van der Waals surface area contributed by atoms with Crippen molar-refractivity contribution in [3.05, 3.63) is 53.6 Å². The first-order valence-corrected chi connectivity index (χ1v) is 6.93. The third kappa shape index (κ3) is 3.11. The summed E-state index contributed by atoms with van der Waals surface area (Å²) in [5, 5.41) is 3.48. The topological polar surface area (TPSA) is 38.3 Å². The lowest BCUT2D eigenvalue weighted by molar-refractivity contribution is 0.200. The molecule has 1 saturated carbocycles. The van der Waals surface area contributed by atoms with Crippen LogP contribution in [0.4, 0.5) is 4.79 Å². The molecule has 2 aromatic rings. The lowest BCUT2D eigenvalue weighted by Gasteiger charge is -2.07. The molecule has 20 heavy (non-hydrogen) atoms. The fraction of sp³-hybridized carbons (Fsp3) is 0.188. The van der Waals surface area contributed by atoms with Crippen LogP contribution in [-0.4, -0.2) is 12.1 Å². The zero-order valence-electron chi connectivity index (χ0n) is 10.8. The third-order valence-corrected chi connectivity index (χ3v) is 3.48. The van der Waals surface area contributed by atoms with Crippen molar-refractivity contribution in [3.63, 3.8) is 0 Å². The van der Waals surface area contributed by atoms with Gasteiger partial charge in [-0.3, -0.25) is 0 Å². The molecule has 102 valence electrons. The van der Waals surface area contributed by atoms with Crippen molar-refractivity contribution in [2.24, 2.45) is 0 Å². The number of amides is 1. The normalized spacial score (nSPS) is 13.8. The minimum absolute atomic E-state index is 0.296. The van der Waals surface area contributed by atoms with Gasteiger partial charge in [-0.2, -0.15) is 0 Å². The van der Waals surface area contributed by atoms with Crippen LogP contribution in [0.1, 0.15) is 12.8 Å². The van der Waals surface area contributed by atoms with Gasteiger partial charge in [-0.05, 0) is 36.6 Å². The minimum atomic E-state index is -0.391. The van der Waals surface area contributed by atoms with E-state index in [1.165, 1.54) is 0 Å². The first kappa shape index (κ1) is 13.0. The van der Waals surface area contributed by atoms with Gasteiger partial charge in [0.2, 0.25) is 0 Å². The average molecular weight is 288 g/mol.